The Balaban J connectivity index is 1.45. The number of nitrogens with zero attached hydrogens (tertiary/aromatic N) is 1. The number of ether oxygens (including phenoxy) is 1. The summed E-state index contributed by atoms with van der Waals surface area (Å²) >= 11 is 0. The Bertz CT molecular complexity index is 1080. The van der Waals surface area contributed by atoms with Crippen LogP contribution in [-0.2, 0) is 24.3 Å². The first-order chi connectivity index (χ1) is 14.3. The molecule has 0 aliphatic carbocycles. The summed E-state index contributed by atoms with van der Waals surface area (Å²) in [6.07, 6.45) is -0.694. The van der Waals surface area contributed by atoms with Gasteiger partial charge in [-0.3, -0.25) is 19.3 Å². The molecule has 0 aromatic heterocycles. The van der Waals surface area contributed by atoms with E-state index in [0.29, 0.717) is 17.7 Å². The summed E-state index contributed by atoms with van der Waals surface area (Å²) in [5, 5.41) is 2.53. The van der Waals surface area contributed by atoms with Crippen LogP contribution in [0.4, 0.5) is 10.1 Å². The van der Waals surface area contributed by atoms with Crippen LogP contribution in [0.2, 0.25) is 0 Å². The van der Waals surface area contributed by atoms with Crippen molar-refractivity contribution in [3.63, 3.8) is 0 Å². The number of aliphatic imine (C=N–C) groups is 1. The minimum absolute atomic E-state index is 0.0132. The quantitative estimate of drug-likeness (QED) is 0.513. The van der Waals surface area contributed by atoms with Crippen molar-refractivity contribution >= 4 is 33.4 Å². The molecule has 158 valence electrons. The Hall–Kier alpha value is -3.27. The molecule has 0 saturated heterocycles. The molecular formula is C20H20FN3O5S. The van der Waals surface area contributed by atoms with E-state index in [2.05, 4.69) is 15.0 Å². The third-order valence-corrected chi connectivity index (χ3v) is 5.66. The fourth-order valence-corrected chi connectivity index (χ4v) is 4.00. The van der Waals surface area contributed by atoms with Crippen LogP contribution in [-0.4, -0.2) is 38.8 Å². The maximum Gasteiger partial charge on any atom is 0.306 e. The van der Waals surface area contributed by atoms with Crippen molar-refractivity contribution in [1.82, 2.24) is 4.72 Å². The number of amides is 1. The van der Waals surface area contributed by atoms with Crippen LogP contribution < -0.4 is 10.0 Å². The molecule has 1 atom stereocenters. The Morgan fingerprint density at radius 1 is 1.17 bits per heavy atom. The van der Waals surface area contributed by atoms with E-state index in [1.54, 1.807) is 18.2 Å². The van der Waals surface area contributed by atoms with Gasteiger partial charge in [-0.2, -0.15) is 0 Å². The van der Waals surface area contributed by atoms with Crippen LogP contribution in [0.5, 0.6) is 0 Å². The number of sulfonamides is 1. The van der Waals surface area contributed by atoms with Gasteiger partial charge in [-0.05, 0) is 49.7 Å². The van der Waals surface area contributed by atoms with Gasteiger partial charge in [-0.25, -0.2) is 12.8 Å². The lowest BCUT2D eigenvalue weighted by Gasteiger charge is -2.13. The van der Waals surface area contributed by atoms with E-state index in [9.17, 15) is 22.4 Å². The zero-order valence-corrected chi connectivity index (χ0v) is 16.9. The van der Waals surface area contributed by atoms with Crippen molar-refractivity contribution in [2.24, 2.45) is 4.99 Å². The molecular weight excluding hydrogens is 413 g/mol. The van der Waals surface area contributed by atoms with Gasteiger partial charge >= 0.3 is 5.97 Å². The lowest BCUT2D eigenvalue weighted by atomic mass is 10.2. The van der Waals surface area contributed by atoms with Gasteiger partial charge < -0.3 is 10.1 Å². The van der Waals surface area contributed by atoms with E-state index in [1.807, 2.05) is 0 Å². The zero-order chi connectivity index (χ0) is 21.7. The number of rotatable bonds is 7. The van der Waals surface area contributed by atoms with E-state index in [-0.39, 0.29) is 23.7 Å². The smallest absolute Gasteiger partial charge is 0.306 e. The van der Waals surface area contributed by atoms with Gasteiger partial charge in [-0.1, -0.05) is 12.1 Å². The van der Waals surface area contributed by atoms with Crippen LogP contribution in [0.1, 0.15) is 25.3 Å². The van der Waals surface area contributed by atoms with Gasteiger partial charge in [0.2, 0.25) is 0 Å². The molecule has 2 aromatic carbocycles. The summed E-state index contributed by atoms with van der Waals surface area (Å²) in [5.41, 5.74) is 0.880. The van der Waals surface area contributed by atoms with Crippen LogP contribution in [0.15, 0.2) is 58.4 Å². The standard InChI is InChI=1S/C20H20FN3O5S/c1-13(20(26)23-15-10-8-14(21)9-11-15)29-18(25)7-4-12-22-19-16-5-2-3-6-17(16)30(27,28)24-19/h2-3,5-6,8-11,13H,4,7,12H2,1H3,(H,22,24)(H,23,26)/t13-/m0/s1. The fraction of sp³-hybridized carbons (Fsp3) is 0.250. The molecule has 10 heteroatoms. The Labute approximate surface area is 173 Å². The number of fused-ring (bicyclic) bond motifs is 1. The van der Waals surface area contributed by atoms with Crippen molar-refractivity contribution in [1.29, 1.82) is 0 Å². The molecule has 1 amide bonds. The third-order valence-electron chi connectivity index (χ3n) is 4.26. The lowest BCUT2D eigenvalue weighted by Crippen LogP contribution is -2.30. The van der Waals surface area contributed by atoms with Crippen molar-refractivity contribution in [3.05, 3.63) is 59.9 Å². The molecule has 3 rings (SSSR count). The number of amidine groups is 1. The van der Waals surface area contributed by atoms with E-state index in [4.69, 9.17) is 4.74 Å². The Morgan fingerprint density at radius 3 is 2.60 bits per heavy atom. The second-order valence-electron chi connectivity index (χ2n) is 6.56. The number of esters is 1. The molecule has 0 fully saturated rings. The maximum absolute atomic E-state index is 12.9. The Kier molecular flexibility index (Phi) is 6.46. The van der Waals surface area contributed by atoms with Crippen molar-refractivity contribution in [2.45, 2.75) is 30.8 Å². The van der Waals surface area contributed by atoms with Crippen LogP contribution in [0, 0.1) is 5.82 Å². The first-order valence-corrected chi connectivity index (χ1v) is 10.7. The van der Waals surface area contributed by atoms with Crippen LogP contribution in [0.3, 0.4) is 0 Å². The molecule has 8 nitrogen and oxygen atoms in total. The number of hydrogen-bond donors (Lipinski definition) is 2. The highest BCUT2D eigenvalue weighted by atomic mass is 32.2. The van der Waals surface area contributed by atoms with E-state index >= 15 is 0 Å². The van der Waals surface area contributed by atoms with Gasteiger partial charge in [0, 0.05) is 24.2 Å². The second-order valence-corrected chi connectivity index (χ2v) is 8.21. The number of halogens is 1. The monoisotopic (exact) mass is 433 g/mol. The fourth-order valence-electron chi connectivity index (χ4n) is 2.75. The number of hydrogen-bond acceptors (Lipinski definition) is 6. The molecule has 1 aliphatic rings. The summed E-state index contributed by atoms with van der Waals surface area (Å²) in [5.74, 6) is -1.30. The maximum atomic E-state index is 12.9. The number of carbonyl (C=O) groups is 2. The highest BCUT2D eigenvalue weighted by molar-refractivity contribution is 7.90. The summed E-state index contributed by atoms with van der Waals surface area (Å²) in [7, 11) is -3.60. The molecule has 0 spiro atoms. The highest BCUT2D eigenvalue weighted by Crippen LogP contribution is 2.22. The van der Waals surface area contributed by atoms with Gasteiger partial charge in [-0.15, -0.1) is 0 Å². The SMILES string of the molecule is C[C@H](OC(=O)CCCN=C1NS(=O)(=O)c2ccccc21)C(=O)Nc1ccc(F)cc1. The number of nitrogens with one attached hydrogen (secondary N) is 2. The van der Waals surface area contributed by atoms with Crippen molar-refractivity contribution < 1.29 is 27.1 Å². The third kappa shape index (κ3) is 5.20. The number of anilines is 1. The summed E-state index contributed by atoms with van der Waals surface area (Å²) in [6, 6.07) is 11.7. The highest BCUT2D eigenvalue weighted by Gasteiger charge is 2.29. The first kappa shape index (κ1) is 21.4. The normalized spacial score (nSPS) is 16.4. The van der Waals surface area contributed by atoms with E-state index in [0.717, 1.165) is 0 Å². The van der Waals surface area contributed by atoms with Gasteiger partial charge in [0.1, 0.15) is 11.7 Å². The second kappa shape index (κ2) is 9.04. The molecule has 1 aliphatic heterocycles. The predicted molar refractivity (Wildman–Crippen MR) is 108 cm³/mol. The summed E-state index contributed by atoms with van der Waals surface area (Å²) < 4.78 is 44.4. The molecule has 1 heterocycles. The van der Waals surface area contributed by atoms with Crippen molar-refractivity contribution in [2.75, 3.05) is 11.9 Å². The minimum Gasteiger partial charge on any atom is -0.453 e. The average Bonchev–Trinajstić information content (AvgIpc) is 2.97. The number of benzene rings is 2. The number of carbonyl (C=O) groups excluding carboxylic acids is 2. The average molecular weight is 433 g/mol. The van der Waals surface area contributed by atoms with Gasteiger partial charge in [0.25, 0.3) is 15.9 Å². The summed E-state index contributed by atoms with van der Waals surface area (Å²) in [4.78, 5) is 28.4. The molecule has 0 bridgehead atoms. The van der Waals surface area contributed by atoms with Crippen LogP contribution in [0.25, 0.3) is 0 Å². The molecule has 0 saturated carbocycles. The topological polar surface area (TPSA) is 114 Å². The largest absolute Gasteiger partial charge is 0.453 e. The summed E-state index contributed by atoms with van der Waals surface area (Å²) in [6.45, 7) is 1.64. The predicted octanol–water partition coefficient (Wildman–Crippen LogP) is 2.21. The molecule has 2 aromatic rings. The Morgan fingerprint density at radius 2 is 1.87 bits per heavy atom. The van der Waals surface area contributed by atoms with Crippen LogP contribution >= 0.6 is 0 Å². The minimum atomic E-state index is -3.60. The molecule has 0 unspecified atom stereocenters. The van der Waals surface area contributed by atoms with E-state index < -0.39 is 33.8 Å². The first-order valence-electron chi connectivity index (χ1n) is 9.19. The van der Waals surface area contributed by atoms with Gasteiger partial charge in [0.05, 0.1) is 4.90 Å². The van der Waals surface area contributed by atoms with Gasteiger partial charge in [0.15, 0.2) is 6.10 Å². The molecule has 30 heavy (non-hydrogen) atoms. The van der Waals surface area contributed by atoms with E-state index in [1.165, 1.54) is 37.3 Å². The van der Waals surface area contributed by atoms with Crippen molar-refractivity contribution in [3.8, 4) is 0 Å². The lowest BCUT2D eigenvalue weighted by molar-refractivity contribution is -0.153. The molecule has 2 N–H and O–H groups in total. The molecule has 0 radical (unpaired) electrons. The zero-order valence-electron chi connectivity index (χ0n) is 16.1.